The van der Waals surface area contributed by atoms with Gasteiger partial charge < -0.3 is 5.32 Å². The average Bonchev–Trinajstić information content (AvgIpc) is 2.40. The highest BCUT2D eigenvalue weighted by molar-refractivity contribution is 6.33. The Morgan fingerprint density at radius 3 is 2.38 bits per heavy atom. The van der Waals surface area contributed by atoms with E-state index in [9.17, 15) is 22.0 Å². The largest absolute Gasteiger partial charge is 0.416 e. The molecular formula is C14H9ClF5N. The maximum absolute atomic E-state index is 13.4. The molecule has 0 aliphatic heterocycles. The van der Waals surface area contributed by atoms with Gasteiger partial charge in [-0.25, -0.2) is 8.78 Å². The van der Waals surface area contributed by atoms with Crippen molar-refractivity contribution in [2.24, 2.45) is 0 Å². The number of rotatable bonds is 3. The Hall–Kier alpha value is -1.82. The van der Waals surface area contributed by atoms with Gasteiger partial charge in [-0.05, 0) is 24.3 Å². The van der Waals surface area contributed by atoms with E-state index >= 15 is 0 Å². The van der Waals surface area contributed by atoms with Gasteiger partial charge in [-0.15, -0.1) is 0 Å². The number of hydrogen-bond acceptors (Lipinski definition) is 1. The lowest BCUT2D eigenvalue weighted by molar-refractivity contribution is -0.137. The fourth-order valence-electron chi connectivity index (χ4n) is 1.71. The van der Waals surface area contributed by atoms with Gasteiger partial charge in [-0.2, -0.15) is 13.2 Å². The molecule has 112 valence electrons. The van der Waals surface area contributed by atoms with E-state index in [1.807, 2.05) is 0 Å². The molecule has 0 heterocycles. The standard InChI is InChI=1S/C14H9ClF5N/c15-10-6-9(14(18,19)20)4-5-12(10)21-7-8-2-1-3-11(16)13(8)17/h1-6,21H,7H2. The van der Waals surface area contributed by atoms with Gasteiger partial charge in [0.1, 0.15) is 0 Å². The van der Waals surface area contributed by atoms with Crippen molar-refractivity contribution in [1.29, 1.82) is 0 Å². The Morgan fingerprint density at radius 2 is 1.76 bits per heavy atom. The number of hydrogen-bond donors (Lipinski definition) is 1. The van der Waals surface area contributed by atoms with Crippen molar-refractivity contribution in [3.63, 3.8) is 0 Å². The van der Waals surface area contributed by atoms with Crippen molar-refractivity contribution in [2.45, 2.75) is 12.7 Å². The lowest BCUT2D eigenvalue weighted by atomic mass is 10.1. The summed E-state index contributed by atoms with van der Waals surface area (Å²) in [6.07, 6.45) is -4.49. The SMILES string of the molecule is Fc1cccc(CNc2ccc(C(F)(F)F)cc2Cl)c1F. The maximum atomic E-state index is 13.4. The molecule has 0 amide bonds. The molecular weight excluding hydrogens is 313 g/mol. The second-order valence-electron chi connectivity index (χ2n) is 4.26. The third kappa shape index (κ3) is 3.64. The highest BCUT2D eigenvalue weighted by Gasteiger charge is 2.30. The first-order valence-corrected chi connectivity index (χ1v) is 6.20. The first-order valence-electron chi connectivity index (χ1n) is 5.82. The number of benzene rings is 2. The molecule has 1 nitrogen and oxygen atoms in total. The van der Waals surface area contributed by atoms with Crippen molar-refractivity contribution in [3.8, 4) is 0 Å². The van der Waals surface area contributed by atoms with Gasteiger partial charge in [-0.3, -0.25) is 0 Å². The third-order valence-electron chi connectivity index (χ3n) is 2.80. The van der Waals surface area contributed by atoms with Gasteiger partial charge >= 0.3 is 6.18 Å². The van der Waals surface area contributed by atoms with Crippen LogP contribution in [-0.2, 0) is 12.7 Å². The van der Waals surface area contributed by atoms with Crippen LogP contribution >= 0.6 is 11.6 Å². The Balaban J connectivity index is 2.16. The summed E-state index contributed by atoms with van der Waals surface area (Å²) < 4.78 is 63.9. The molecule has 2 aromatic carbocycles. The molecule has 0 saturated carbocycles. The predicted molar refractivity (Wildman–Crippen MR) is 70.1 cm³/mol. The first kappa shape index (κ1) is 15.6. The highest BCUT2D eigenvalue weighted by Crippen LogP contribution is 2.33. The molecule has 0 aromatic heterocycles. The molecule has 7 heteroatoms. The minimum absolute atomic E-state index is 0.0472. The molecule has 2 aromatic rings. The number of halogens is 6. The van der Waals surface area contributed by atoms with E-state index < -0.39 is 23.4 Å². The van der Waals surface area contributed by atoms with Crippen LogP contribution in [0.2, 0.25) is 5.02 Å². The fraction of sp³-hybridized carbons (Fsp3) is 0.143. The summed E-state index contributed by atoms with van der Waals surface area (Å²) in [6.45, 7) is -0.103. The van der Waals surface area contributed by atoms with E-state index in [0.29, 0.717) is 0 Å². The van der Waals surface area contributed by atoms with Gasteiger partial charge in [0.15, 0.2) is 11.6 Å². The smallest absolute Gasteiger partial charge is 0.380 e. The Labute approximate surface area is 122 Å². The van der Waals surface area contributed by atoms with Crippen LogP contribution in [0.5, 0.6) is 0 Å². The van der Waals surface area contributed by atoms with Crippen LogP contribution in [0.15, 0.2) is 36.4 Å². The quantitative estimate of drug-likeness (QED) is 0.761. The number of anilines is 1. The van der Waals surface area contributed by atoms with Crippen LogP contribution in [0, 0.1) is 11.6 Å². The fourth-order valence-corrected chi connectivity index (χ4v) is 1.96. The van der Waals surface area contributed by atoms with Gasteiger partial charge in [0, 0.05) is 12.1 Å². The molecule has 0 aliphatic rings. The maximum Gasteiger partial charge on any atom is 0.416 e. The summed E-state index contributed by atoms with van der Waals surface area (Å²) in [5.41, 5.74) is -0.630. The van der Waals surface area contributed by atoms with E-state index in [2.05, 4.69) is 5.32 Å². The topological polar surface area (TPSA) is 12.0 Å². The molecule has 0 atom stereocenters. The van der Waals surface area contributed by atoms with Crippen LogP contribution in [-0.4, -0.2) is 0 Å². The van der Waals surface area contributed by atoms with E-state index in [0.717, 1.165) is 24.3 Å². The Bertz CT molecular complexity index is 654. The second kappa shape index (κ2) is 5.89. The molecule has 2 rings (SSSR count). The summed E-state index contributed by atoms with van der Waals surface area (Å²) in [4.78, 5) is 0. The van der Waals surface area contributed by atoms with Crippen molar-refractivity contribution in [2.75, 3.05) is 5.32 Å². The zero-order valence-electron chi connectivity index (χ0n) is 10.4. The number of alkyl halides is 3. The monoisotopic (exact) mass is 321 g/mol. The van der Waals surface area contributed by atoms with Gasteiger partial charge in [0.25, 0.3) is 0 Å². The van der Waals surface area contributed by atoms with Crippen LogP contribution in [0.4, 0.5) is 27.6 Å². The average molecular weight is 322 g/mol. The summed E-state index contributed by atoms with van der Waals surface area (Å²) in [6, 6.07) is 6.45. The predicted octanol–water partition coefficient (Wildman–Crippen LogP) is 5.25. The van der Waals surface area contributed by atoms with Crippen LogP contribution in [0.1, 0.15) is 11.1 Å². The van der Waals surface area contributed by atoms with Gasteiger partial charge in [-0.1, -0.05) is 23.7 Å². The zero-order valence-corrected chi connectivity index (χ0v) is 11.2. The molecule has 0 unspecified atom stereocenters. The lowest BCUT2D eigenvalue weighted by Crippen LogP contribution is -2.07. The summed E-state index contributed by atoms with van der Waals surface area (Å²) in [5.74, 6) is -2.00. The van der Waals surface area contributed by atoms with Gasteiger partial charge in [0.05, 0.1) is 16.3 Å². The van der Waals surface area contributed by atoms with E-state index in [4.69, 9.17) is 11.6 Å². The summed E-state index contributed by atoms with van der Waals surface area (Å²) >= 11 is 5.74. The normalized spacial score (nSPS) is 11.5. The third-order valence-corrected chi connectivity index (χ3v) is 3.11. The minimum Gasteiger partial charge on any atom is -0.380 e. The van der Waals surface area contributed by atoms with E-state index in [1.54, 1.807) is 0 Å². The van der Waals surface area contributed by atoms with Crippen LogP contribution in [0.3, 0.4) is 0 Å². The molecule has 1 N–H and O–H groups in total. The molecule has 0 aliphatic carbocycles. The second-order valence-corrected chi connectivity index (χ2v) is 4.67. The minimum atomic E-state index is -4.49. The molecule has 0 spiro atoms. The van der Waals surface area contributed by atoms with Crippen molar-refractivity contribution in [3.05, 3.63) is 64.2 Å². The highest BCUT2D eigenvalue weighted by atomic mass is 35.5. The first-order chi connectivity index (χ1) is 9.79. The van der Waals surface area contributed by atoms with E-state index in [-0.39, 0.29) is 22.8 Å². The molecule has 21 heavy (non-hydrogen) atoms. The van der Waals surface area contributed by atoms with Crippen molar-refractivity contribution >= 4 is 17.3 Å². The zero-order chi connectivity index (χ0) is 15.6. The Morgan fingerprint density at radius 1 is 1.05 bits per heavy atom. The van der Waals surface area contributed by atoms with E-state index in [1.165, 1.54) is 12.1 Å². The summed E-state index contributed by atoms with van der Waals surface area (Å²) in [7, 11) is 0. The lowest BCUT2D eigenvalue weighted by Gasteiger charge is -2.12. The molecule has 0 saturated heterocycles. The Kier molecular flexibility index (Phi) is 4.37. The molecule has 0 fully saturated rings. The van der Waals surface area contributed by atoms with Crippen molar-refractivity contribution < 1.29 is 22.0 Å². The number of nitrogens with one attached hydrogen (secondary N) is 1. The molecule has 0 radical (unpaired) electrons. The van der Waals surface area contributed by atoms with Crippen molar-refractivity contribution in [1.82, 2.24) is 0 Å². The van der Waals surface area contributed by atoms with Crippen LogP contribution < -0.4 is 5.32 Å². The molecule has 0 bridgehead atoms. The summed E-state index contributed by atoms with van der Waals surface area (Å²) in [5, 5.41) is 2.52. The van der Waals surface area contributed by atoms with Crippen LogP contribution in [0.25, 0.3) is 0 Å². The van der Waals surface area contributed by atoms with Gasteiger partial charge in [0.2, 0.25) is 0 Å².